The normalized spacial score (nSPS) is 9.47. The SMILES string of the molecule is C=CC(=O)OCCCCCC(C)C.OCCC(O)=S. The summed E-state index contributed by atoms with van der Waals surface area (Å²) in [5.74, 6) is 0.458. The van der Waals surface area contributed by atoms with Gasteiger partial charge in [-0.15, -0.1) is 0 Å². The van der Waals surface area contributed by atoms with Gasteiger partial charge in [-0.1, -0.05) is 39.7 Å². The molecule has 0 aromatic heterocycles. The largest absolute Gasteiger partial charge is 0.502 e. The van der Waals surface area contributed by atoms with E-state index in [9.17, 15) is 4.79 Å². The topological polar surface area (TPSA) is 66.8 Å². The van der Waals surface area contributed by atoms with Crippen molar-refractivity contribution >= 4 is 23.2 Å². The van der Waals surface area contributed by atoms with Crippen LogP contribution in [0.15, 0.2) is 12.7 Å². The highest BCUT2D eigenvalue weighted by Gasteiger charge is 1.96. The van der Waals surface area contributed by atoms with E-state index in [4.69, 9.17) is 14.9 Å². The minimum atomic E-state index is -0.316. The Morgan fingerprint density at radius 2 is 2.00 bits per heavy atom. The molecule has 0 amide bonds. The monoisotopic (exact) mass is 290 g/mol. The molecule has 0 unspecified atom stereocenters. The van der Waals surface area contributed by atoms with E-state index in [1.54, 1.807) is 0 Å². The van der Waals surface area contributed by atoms with E-state index >= 15 is 0 Å². The number of rotatable bonds is 9. The molecule has 0 saturated carbocycles. The third-order valence-electron chi connectivity index (χ3n) is 2.16. The summed E-state index contributed by atoms with van der Waals surface area (Å²) in [6.45, 7) is 8.23. The summed E-state index contributed by atoms with van der Waals surface area (Å²) in [6, 6.07) is 0. The molecule has 0 aliphatic rings. The zero-order chi connectivity index (χ0) is 15.1. The zero-order valence-electron chi connectivity index (χ0n) is 11.9. The molecule has 4 nitrogen and oxygen atoms in total. The van der Waals surface area contributed by atoms with Gasteiger partial charge in [0.15, 0.2) is 5.05 Å². The average Bonchev–Trinajstić information content (AvgIpc) is 2.33. The summed E-state index contributed by atoms with van der Waals surface area (Å²) in [5.41, 5.74) is 0. The first-order chi connectivity index (χ1) is 8.93. The van der Waals surface area contributed by atoms with Crippen molar-refractivity contribution in [3.63, 3.8) is 0 Å². The first-order valence-corrected chi connectivity index (χ1v) is 6.96. The van der Waals surface area contributed by atoms with Crippen molar-refractivity contribution in [2.24, 2.45) is 5.92 Å². The number of ether oxygens (including phenoxy) is 1. The molecule has 2 N–H and O–H groups in total. The van der Waals surface area contributed by atoms with Crippen molar-refractivity contribution in [3.8, 4) is 0 Å². The molecule has 0 rings (SSSR count). The lowest BCUT2D eigenvalue weighted by molar-refractivity contribution is -0.137. The molecule has 112 valence electrons. The molecule has 0 atom stereocenters. The lowest BCUT2D eigenvalue weighted by Gasteiger charge is -2.04. The van der Waals surface area contributed by atoms with Crippen LogP contribution in [0.25, 0.3) is 0 Å². The molecule has 19 heavy (non-hydrogen) atoms. The minimum Gasteiger partial charge on any atom is -0.502 e. The van der Waals surface area contributed by atoms with Gasteiger partial charge >= 0.3 is 5.97 Å². The van der Waals surface area contributed by atoms with Crippen LogP contribution in [0.3, 0.4) is 0 Å². The molecule has 0 aromatic rings. The van der Waals surface area contributed by atoms with Crippen LogP contribution < -0.4 is 0 Å². The summed E-state index contributed by atoms with van der Waals surface area (Å²) in [6.07, 6.45) is 6.01. The Balaban J connectivity index is 0. The van der Waals surface area contributed by atoms with Gasteiger partial charge in [-0.25, -0.2) is 4.79 Å². The summed E-state index contributed by atoms with van der Waals surface area (Å²) in [4.78, 5) is 10.6. The number of unbranched alkanes of at least 4 members (excludes halogenated alkanes) is 2. The maximum atomic E-state index is 10.6. The van der Waals surface area contributed by atoms with Gasteiger partial charge in [0.05, 0.1) is 13.2 Å². The van der Waals surface area contributed by atoms with Gasteiger partial charge in [0, 0.05) is 12.5 Å². The van der Waals surface area contributed by atoms with Gasteiger partial charge in [-0.3, -0.25) is 0 Å². The Kier molecular flexibility index (Phi) is 16.2. The maximum absolute atomic E-state index is 10.6. The van der Waals surface area contributed by atoms with E-state index in [0.717, 1.165) is 18.8 Å². The van der Waals surface area contributed by atoms with Crippen molar-refractivity contribution in [2.45, 2.75) is 46.0 Å². The van der Waals surface area contributed by atoms with E-state index in [1.165, 1.54) is 18.9 Å². The van der Waals surface area contributed by atoms with Crippen LogP contribution in [0, 0.1) is 5.92 Å². The number of esters is 1. The highest BCUT2D eigenvalue weighted by atomic mass is 32.1. The highest BCUT2D eigenvalue weighted by Crippen LogP contribution is 2.07. The van der Waals surface area contributed by atoms with Crippen LogP contribution in [0.2, 0.25) is 0 Å². The van der Waals surface area contributed by atoms with Gasteiger partial charge in [-0.2, -0.15) is 0 Å². The number of aliphatic hydroxyl groups excluding tert-OH is 2. The fourth-order valence-electron chi connectivity index (χ4n) is 1.16. The Hall–Kier alpha value is -0.940. The predicted octanol–water partition coefficient (Wildman–Crippen LogP) is 3.19. The smallest absolute Gasteiger partial charge is 0.330 e. The Labute approximate surface area is 121 Å². The van der Waals surface area contributed by atoms with E-state index in [-0.39, 0.29) is 24.0 Å². The fourth-order valence-corrected chi connectivity index (χ4v) is 1.25. The third-order valence-corrected chi connectivity index (χ3v) is 2.37. The van der Waals surface area contributed by atoms with E-state index < -0.39 is 0 Å². The standard InChI is InChI=1S/C11H20O2.C3H6O2S/c1-4-11(12)13-9-7-5-6-8-10(2)3;4-2-1-3(5)6/h4,10H,1,5-9H2,2-3H3;4H,1-2H2,(H,5,6). The van der Waals surface area contributed by atoms with Gasteiger partial charge in [-0.05, 0) is 24.6 Å². The lowest BCUT2D eigenvalue weighted by atomic mass is 10.1. The quantitative estimate of drug-likeness (QED) is 0.295. The number of carbonyl (C=O) groups excluding carboxylic acids is 1. The van der Waals surface area contributed by atoms with Crippen molar-refractivity contribution in [2.75, 3.05) is 13.2 Å². The molecule has 0 aliphatic heterocycles. The molecule has 0 fully saturated rings. The summed E-state index contributed by atoms with van der Waals surface area (Å²) in [5, 5.41) is 16.0. The first-order valence-electron chi connectivity index (χ1n) is 6.55. The van der Waals surface area contributed by atoms with Gasteiger partial charge in [0.25, 0.3) is 0 Å². The van der Waals surface area contributed by atoms with Gasteiger partial charge in [0.1, 0.15) is 0 Å². The molecule has 5 heteroatoms. The van der Waals surface area contributed by atoms with Crippen LogP contribution >= 0.6 is 12.2 Å². The van der Waals surface area contributed by atoms with Crippen molar-refractivity contribution in [3.05, 3.63) is 12.7 Å². The number of hydrogen-bond acceptors (Lipinski definition) is 4. The molecule has 0 spiro atoms. The van der Waals surface area contributed by atoms with Crippen molar-refractivity contribution in [1.29, 1.82) is 0 Å². The van der Waals surface area contributed by atoms with Crippen molar-refractivity contribution in [1.82, 2.24) is 0 Å². The Morgan fingerprint density at radius 1 is 1.37 bits per heavy atom. The molecule has 0 heterocycles. The molecule has 0 saturated heterocycles. The fraction of sp³-hybridized carbons (Fsp3) is 0.714. The van der Waals surface area contributed by atoms with Crippen LogP contribution in [-0.4, -0.2) is 34.4 Å². The summed E-state index contributed by atoms with van der Waals surface area (Å²) in [7, 11) is 0. The second-order valence-electron chi connectivity index (χ2n) is 4.48. The Morgan fingerprint density at radius 3 is 2.37 bits per heavy atom. The highest BCUT2D eigenvalue weighted by molar-refractivity contribution is 7.80. The second kappa shape index (κ2) is 15.1. The van der Waals surface area contributed by atoms with Gasteiger partial charge in [0.2, 0.25) is 0 Å². The lowest BCUT2D eigenvalue weighted by Crippen LogP contribution is -2.01. The van der Waals surface area contributed by atoms with E-state index in [1.807, 2.05) is 0 Å². The minimum absolute atomic E-state index is 0.0602. The third kappa shape index (κ3) is 22.7. The van der Waals surface area contributed by atoms with Crippen LogP contribution in [-0.2, 0) is 9.53 Å². The second-order valence-corrected chi connectivity index (χ2v) is 4.95. The molecule has 0 bridgehead atoms. The predicted molar refractivity (Wildman–Crippen MR) is 81.4 cm³/mol. The first kappa shape index (κ1) is 20.4. The Bertz CT molecular complexity index is 252. The maximum Gasteiger partial charge on any atom is 0.330 e. The molecular formula is C14H26O4S. The van der Waals surface area contributed by atoms with Crippen molar-refractivity contribution < 1.29 is 19.7 Å². The zero-order valence-corrected chi connectivity index (χ0v) is 12.7. The van der Waals surface area contributed by atoms with Crippen LogP contribution in [0.4, 0.5) is 0 Å². The number of aliphatic hydroxyl groups is 2. The summed E-state index contributed by atoms with van der Waals surface area (Å²) >= 11 is 4.19. The van der Waals surface area contributed by atoms with Crippen LogP contribution in [0.5, 0.6) is 0 Å². The van der Waals surface area contributed by atoms with Crippen LogP contribution in [0.1, 0.15) is 46.0 Å². The summed E-state index contributed by atoms with van der Waals surface area (Å²) < 4.78 is 4.84. The molecule has 0 radical (unpaired) electrons. The average molecular weight is 290 g/mol. The van der Waals surface area contributed by atoms with Gasteiger partial charge < -0.3 is 14.9 Å². The number of hydrogen-bond donors (Lipinski definition) is 2. The van der Waals surface area contributed by atoms with E-state index in [2.05, 4.69) is 32.6 Å². The van der Waals surface area contributed by atoms with E-state index in [0.29, 0.717) is 6.61 Å². The number of carbonyl (C=O) groups is 1. The number of thiocarbonyl (C=S) groups is 1. The molecule has 0 aliphatic carbocycles. The molecule has 0 aromatic carbocycles. The molecular weight excluding hydrogens is 264 g/mol.